The summed E-state index contributed by atoms with van der Waals surface area (Å²) in [6.45, 7) is 1.83. The van der Waals surface area contributed by atoms with Gasteiger partial charge in [0.25, 0.3) is 5.91 Å². The molecule has 0 spiro atoms. The molecule has 0 atom stereocenters. The van der Waals surface area contributed by atoms with Crippen molar-refractivity contribution in [1.82, 2.24) is 10.4 Å². The Hall–Kier alpha value is -2.69. The maximum absolute atomic E-state index is 11.8. The molecule has 2 rings (SSSR count). The summed E-state index contributed by atoms with van der Waals surface area (Å²) in [7, 11) is 1.61. The van der Waals surface area contributed by atoms with Gasteiger partial charge >= 0.3 is 0 Å². The summed E-state index contributed by atoms with van der Waals surface area (Å²) in [5, 5.41) is 3.92. The minimum absolute atomic E-state index is 0.264. The lowest BCUT2D eigenvalue weighted by molar-refractivity contribution is 0.0955. The van der Waals surface area contributed by atoms with Crippen molar-refractivity contribution in [2.45, 2.75) is 6.92 Å². The number of amides is 1. The van der Waals surface area contributed by atoms with Crippen LogP contribution in [0.3, 0.4) is 0 Å². The molecule has 1 aromatic heterocycles. The third-order valence-corrected chi connectivity index (χ3v) is 2.65. The van der Waals surface area contributed by atoms with Crippen LogP contribution in [0.5, 0.6) is 5.75 Å². The number of carbonyl (C=O) groups is 1. The summed E-state index contributed by atoms with van der Waals surface area (Å²) >= 11 is 0. The Bertz CT molecular complexity index is 621. The van der Waals surface area contributed by atoms with E-state index in [-0.39, 0.29) is 5.91 Å². The Balaban J connectivity index is 1.97. The van der Waals surface area contributed by atoms with Crippen LogP contribution in [0.1, 0.15) is 21.6 Å². The number of pyridine rings is 1. The monoisotopic (exact) mass is 269 g/mol. The second-order valence-corrected chi connectivity index (χ2v) is 4.16. The van der Waals surface area contributed by atoms with Crippen LogP contribution >= 0.6 is 0 Å². The van der Waals surface area contributed by atoms with Gasteiger partial charge in [-0.2, -0.15) is 5.10 Å². The molecule has 102 valence electrons. The predicted molar refractivity (Wildman–Crippen MR) is 77.0 cm³/mol. The first-order valence-corrected chi connectivity index (χ1v) is 6.09. The lowest BCUT2D eigenvalue weighted by atomic mass is 10.2. The lowest BCUT2D eigenvalue weighted by Crippen LogP contribution is -2.17. The van der Waals surface area contributed by atoms with Gasteiger partial charge < -0.3 is 4.74 Å². The molecular weight excluding hydrogens is 254 g/mol. The number of rotatable bonds is 4. The van der Waals surface area contributed by atoms with Crippen LogP contribution < -0.4 is 10.2 Å². The Morgan fingerprint density at radius 1 is 1.30 bits per heavy atom. The van der Waals surface area contributed by atoms with Crippen LogP contribution in [0.15, 0.2) is 47.7 Å². The zero-order valence-electron chi connectivity index (χ0n) is 11.3. The Labute approximate surface area is 117 Å². The molecule has 0 bridgehead atoms. The summed E-state index contributed by atoms with van der Waals surface area (Å²) in [6, 6.07) is 10.7. The highest BCUT2D eigenvalue weighted by Gasteiger charge is 2.03. The van der Waals surface area contributed by atoms with Gasteiger partial charge in [0.1, 0.15) is 5.75 Å². The molecule has 0 saturated heterocycles. The summed E-state index contributed by atoms with van der Waals surface area (Å²) < 4.78 is 5.06. The molecule has 0 aliphatic heterocycles. The summed E-state index contributed by atoms with van der Waals surface area (Å²) in [5.41, 5.74) is 4.67. The molecule has 0 unspecified atom stereocenters. The van der Waals surface area contributed by atoms with Gasteiger partial charge in [-0.3, -0.25) is 9.78 Å². The maximum atomic E-state index is 11.8. The van der Waals surface area contributed by atoms with E-state index in [1.54, 1.807) is 31.7 Å². The van der Waals surface area contributed by atoms with Gasteiger partial charge in [-0.05, 0) is 48.9 Å². The number of ether oxygens (including phenoxy) is 1. The number of hydrogen-bond acceptors (Lipinski definition) is 4. The van der Waals surface area contributed by atoms with Gasteiger partial charge in [0.2, 0.25) is 0 Å². The molecule has 1 amide bonds. The van der Waals surface area contributed by atoms with Crippen LogP contribution in [0, 0.1) is 6.92 Å². The SMILES string of the molecule is COc1ccc(/C=N\NC(=O)c2ccnc(C)c2)cc1. The molecule has 5 heteroatoms. The van der Waals surface area contributed by atoms with E-state index in [2.05, 4.69) is 15.5 Å². The quantitative estimate of drug-likeness (QED) is 0.683. The van der Waals surface area contributed by atoms with Crippen molar-refractivity contribution in [3.05, 3.63) is 59.4 Å². The number of aromatic nitrogens is 1. The molecule has 1 aromatic carbocycles. The van der Waals surface area contributed by atoms with Gasteiger partial charge in [0.05, 0.1) is 13.3 Å². The number of hydrazone groups is 1. The molecule has 1 heterocycles. The average molecular weight is 269 g/mol. The van der Waals surface area contributed by atoms with E-state index in [1.165, 1.54) is 0 Å². The van der Waals surface area contributed by atoms with Crippen molar-refractivity contribution in [2.24, 2.45) is 5.10 Å². The first-order valence-electron chi connectivity index (χ1n) is 6.09. The van der Waals surface area contributed by atoms with Gasteiger partial charge in [0, 0.05) is 17.5 Å². The van der Waals surface area contributed by atoms with Crippen molar-refractivity contribution in [1.29, 1.82) is 0 Å². The van der Waals surface area contributed by atoms with Gasteiger partial charge in [-0.1, -0.05) is 0 Å². The third kappa shape index (κ3) is 3.65. The number of hydrogen-bond donors (Lipinski definition) is 1. The Morgan fingerprint density at radius 3 is 2.70 bits per heavy atom. The number of nitrogens with zero attached hydrogens (tertiary/aromatic N) is 2. The maximum Gasteiger partial charge on any atom is 0.271 e. The highest BCUT2D eigenvalue weighted by atomic mass is 16.5. The summed E-state index contributed by atoms with van der Waals surface area (Å²) in [5.74, 6) is 0.513. The molecule has 0 aliphatic rings. The van der Waals surface area contributed by atoms with Crippen LogP contribution in [0.2, 0.25) is 0 Å². The van der Waals surface area contributed by atoms with Crippen molar-refractivity contribution in [2.75, 3.05) is 7.11 Å². The van der Waals surface area contributed by atoms with Crippen molar-refractivity contribution in [3.63, 3.8) is 0 Å². The van der Waals surface area contributed by atoms with Crippen LogP contribution in [-0.2, 0) is 0 Å². The van der Waals surface area contributed by atoms with Crippen molar-refractivity contribution < 1.29 is 9.53 Å². The lowest BCUT2D eigenvalue weighted by Gasteiger charge is -2.01. The van der Waals surface area contributed by atoms with E-state index in [9.17, 15) is 4.79 Å². The van der Waals surface area contributed by atoms with Crippen LogP contribution in [-0.4, -0.2) is 24.2 Å². The number of methoxy groups -OCH3 is 1. The van der Waals surface area contributed by atoms with E-state index in [0.29, 0.717) is 5.56 Å². The molecule has 2 aromatic rings. The smallest absolute Gasteiger partial charge is 0.271 e. The predicted octanol–water partition coefficient (Wildman–Crippen LogP) is 2.16. The first-order chi connectivity index (χ1) is 9.69. The minimum atomic E-state index is -0.264. The van der Waals surface area contributed by atoms with E-state index in [4.69, 9.17) is 4.74 Å². The molecule has 0 saturated carbocycles. The Kier molecular flexibility index (Phi) is 4.44. The zero-order valence-corrected chi connectivity index (χ0v) is 11.3. The number of aryl methyl sites for hydroxylation is 1. The highest BCUT2D eigenvalue weighted by Crippen LogP contribution is 2.09. The third-order valence-electron chi connectivity index (χ3n) is 2.65. The second-order valence-electron chi connectivity index (χ2n) is 4.16. The van der Waals surface area contributed by atoms with Crippen LogP contribution in [0.25, 0.3) is 0 Å². The van der Waals surface area contributed by atoms with Crippen LogP contribution in [0.4, 0.5) is 0 Å². The molecule has 20 heavy (non-hydrogen) atoms. The topological polar surface area (TPSA) is 63.6 Å². The second kappa shape index (κ2) is 6.47. The van der Waals surface area contributed by atoms with E-state index < -0.39 is 0 Å². The molecule has 0 aliphatic carbocycles. The standard InChI is InChI=1S/C15H15N3O2/c1-11-9-13(7-8-16-11)15(19)18-17-10-12-3-5-14(20-2)6-4-12/h3-10H,1-2H3,(H,18,19)/b17-10-. The fourth-order valence-electron chi connectivity index (χ4n) is 1.61. The fourth-order valence-corrected chi connectivity index (χ4v) is 1.61. The number of carbonyl (C=O) groups excluding carboxylic acids is 1. The summed E-state index contributed by atoms with van der Waals surface area (Å²) in [4.78, 5) is 15.9. The van der Waals surface area contributed by atoms with E-state index >= 15 is 0 Å². The summed E-state index contributed by atoms with van der Waals surface area (Å²) in [6.07, 6.45) is 3.17. The first kappa shape index (κ1) is 13.7. The molecular formula is C15H15N3O2. The molecule has 1 N–H and O–H groups in total. The van der Waals surface area contributed by atoms with Crippen molar-refractivity contribution >= 4 is 12.1 Å². The van der Waals surface area contributed by atoms with E-state index in [1.807, 2.05) is 31.2 Å². The fraction of sp³-hybridized carbons (Fsp3) is 0.133. The van der Waals surface area contributed by atoms with Gasteiger partial charge in [-0.15, -0.1) is 0 Å². The normalized spacial score (nSPS) is 10.5. The van der Waals surface area contributed by atoms with Crippen molar-refractivity contribution in [3.8, 4) is 5.75 Å². The highest BCUT2D eigenvalue weighted by molar-refractivity contribution is 5.94. The van der Waals surface area contributed by atoms with E-state index in [0.717, 1.165) is 17.0 Å². The Morgan fingerprint density at radius 2 is 2.05 bits per heavy atom. The molecule has 0 radical (unpaired) electrons. The average Bonchev–Trinajstić information content (AvgIpc) is 2.48. The number of nitrogens with one attached hydrogen (secondary N) is 1. The minimum Gasteiger partial charge on any atom is -0.497 e. The number of benzene rings is 1. The zero-order chi connectivity index (χ0) is 14.4. The molecule has 5 nitrogen and oxygen atoms in total. The van der Waals surface area contributed by atoms with Gasteiger partial charge in [-0.25, -0.2) is 5.43 Å². The van der Waals surface area contributed by atoms with Gasteiger partial charge in [0.15, 0.2) is 0 Å². The molecule has 0 fully saturated rings. The largest absolute Gasteiger partial charge is 0.497 e.